The quantitative estimate of drug-likeness (QED) is 0.232. The molecule has 1 amide bonds. The minimum atomic E-state index is -2.94. The topological polar surface area (TPSA) is 90.9 Å². The average molecular weight is 488 g/mol. The first-order valence-electron chi connectivity index (χ1n) is 8.62. The summed E-state index contributed by atoms with van der Waals surface area (Å²) in [4.78, 5) is 18.8. The van der Waals surface area contributed by atoms with Gasteiger partial charge in [0.05, 0.1) is 17.7 Å². The van der Waals surface area contributed by atoms with Crippen LogP contribution in [0.4, 0.5) is 0 Å². The molecule has 0 atom stereocenters. The van der Waals surface area contributed by atoms with Crippen LogP contribution in [0.5, 0.6) is 0 Å². The van der Waals surface area contributed by atoms with E-state index in [1.807, 2.05) is 6.92 Å². The third kappa shape index (κ3) is 8.57. The fourth-order valence-electron chi connectivity index (χ4n) is 3.08. The summed E-state index contributed by atoms with van der Waals surface area (Å²) >= 11 is 0. The van der Waals surface area contributed by atoms with E-state index in [0.717, 1.165) is 25.7 Å². The lowest BCUT2D eigenvalue weighted by atomic mass is 9.85. The van der Waals surface area contributed by atoms with Crippen LogP contribution in [0.1, 0.15) is 39.0 Å². The second-order valence-electron chi connectivity index (χ2n) is 6.79. The summed E-state index contributed by atoms with van der Waals surface area (Å²) in [6.07, 6.45) is 5.65. The summed E-state index contributed by atoms with van der Waals surface area (Å²) in [5.41, 5.74) is -0.390. The van der Waals surface area contributed by atoms with Crippen LogP contribution in [0, 0.1) is 5.41 Å². The van der Waals surface area contributed by atoms with E-state index in [-0.39, 0.29) is 35.6 Å². The van der Waals surface area contributed by atoms with Crippen molar-refractivity contribution in [1.82, 2.24) is 15.5 Å². The molecule has 148 valence electrons. The number of carbonyl (C=O) groups is 1. The Morgan fingerprint density at radius 3 is 2.28 bits per heavy atom. The van der Waals surface area contributed by atoms with Gasteiger partial charge < -0.3 is 15.5 Å². The third-order valence-electron chi connectivity index (χ3n) is 4.29. The zero-order chi connectivity index (χ0) is 18.2. The van der Waals surface area contributed by atoms with Crippen molar-refractivity contribution in [1.29, 1.82) is 0 Å². The van der Waals surface area contributed by atoms with Gasteiger partial charge in [0.2, 0.25) is 5.91 Å². The highest BCUT2D eigenvalue weighted by Crippen LogP contribution is 2.39. The van der Waals surface area contributed by atoms with Gasteiger partial charge in [0, 0.05) is 33.4 Å². The van der Waals surface area contributed by atoms with E-state index in [1.165, 1.54) is 6.26 Å². The number of carbonyl (C=O) groups excluding carboxylic acids is 1. The number of halogens is 1. The molecule has 0 spiro atoms. The number of hydrogen-bond donors (Lipinski definition) is 2. The Morgan fingerprint density at radius 1 is 1.20 bits per heavy atom. The molecule has 25 heavy (non-hydrogen) atoms. The number of aliphatic imine (C=N–C) groups is 1. The number of nitrogens with zero attached hydrogens (tertiary/aromatic N) is 2. The summed E-state index contributed by atoms with van der Waals surface area (Å²) in [7, 11) is 0.644. The number of amides is 1. The Morgan fingerprint density at radius 2 is 1.80 bits per heavy atom. The monoisotopic (exact) mass is 488 g/mol. The lowest BCUT2D eigenvalue weighted by Gasteiger charge is -2.29. The first kappa shape index (κ1) is 24.4. The molecule has 1 rings (SSSR count). The molecule has 1 fully saturated rings. The van der Waals surface area contributed by atoms with E-state index in [2.05, 4.69) is 15.6 Å². The van der Waals surface area contributed by atoms with Gasteiger partial charge in [-0.15, -0.1) is 24.0 Å². The van der Waals surface area contributed by atoms with E-state index in [0.29, 0.717) is 32.0 Å². The summed E-state index contributed by atoms with van der Waals surface area (Å²) in [5, 5.41) is 6.31. The molecule has 1 saturated carbocycles. The van der Waals surface area contributed by atoms with Crippen LogP contribution >= 0.6 is 24.0 Å². The molecule has 0 radical (unpaired) electrons. The molecule has 0 aromatic rings. The highest BCUT2D eigenvalue weighted by atomic mass is 127. The highest BCUT2D eigenvalue weighted by Gasteiger charge is 2.41. The van der Waals surface area contributed by atoms with Crippen LogP contribution in [0.15, 0.2) is 4.99 Å². The van der Waals surface area contributed by atoms with Crippen molar-refractivity contribution in [2.75, 3.05) is 45.7 Å². The van der Waals surface area contributed by atoms with Crippen molar-refractivity contribution in [3.05, 3.63) is 0 Å². The molecule has 1 aliphatic rings. The normalized spacial score (nSPS) is 16.9. The van der Waals surface area contributed by atoms with E-state index in [9.17, 15) is 13.2 Å². The van der Waals surface area contributed by atoms with Gasteiger partial charge in [-0.05, 0) is 26.2 Å². The van der Waals surface area contributed by atoms with Crippen molar-refractivity contribution in [2.45, 2.75) is 39.0 Å². The van der Waals surface area contributed by atoms with Gasteiger partial charge in [-0.25, -0.2) is 8.42 Å². The number of nitrogens with one attached hydrogen (secondary N) is 2. The first-order chi connectivity index (χ1) is 11.2. The molecule has 0 aromatic heterocycles. The molecule has 0 saturated heterocycles. The van der Waals surface area contributed by atoms with Gasteiger partial charge in [0.1, 0.15) is 9.84 Å². The predicted octanol–water partition coefficient (Wildman–Crippen LogP) is 1.24. The summed E-state index contributed by atoms with van der Waals surface area (Å²) < 4.78 is 22.3. The van der Waals surface area contributed by atoms with Crippen LogP contribution in [0.2, 0.25) is 0 Å². The van der Waals surface area contributed by atoms with Crippen LogP contribution < -0.4 is 10.6 Å². The van der Waals surface area contributed by atoms with Crippen molar-refractivity contribution in [3.63, 3.8) is 0 Å². The van der Waals surface area contributed by atoms with Crippen molar-refractivity contribution in [3.8, 4) is 0 Å². The van der Waals surface area contributed by atoms with Gasteiger partial charge in [0.25, 0.3) is 0 Å². The molecule has 7 nitrogen and oxygen atoms in total. The predicted molar refractivity (Wildman–Crippen MR) is 113 cm³/mol. The third-order valence-corrected chi connectivity index (χ3v) is 5.32. The minimum Gasteiger partial charge on any atom is -0.357 e. The number of sulfone groups is 1. The fourth-order valence-corrected chi connectivity index (χ4v) is 3.75. The largest absolute Gasteiger partial charge is 0.357 e. The average Bonchev–Trinajstić information content (AvgIpc) is 2.97. The highest BCUT2D eigenvalue weighted by molar-refractivity contribution is 14.0. The van der Waals surface area contributed by atoms with Crippen LogP contribution in [-0.4, -0.2) is 70.9 Å². The summed E-state index contributed by atoms with van der Waals surface area (Å²) in [5.74, 6) is 0.947. The van der Waals surface area contributed by atoms with E-state index < -0.39 is 15.3 Å². The zero-order valence-electron chi connectivity index (χ0n) is 15.8. The molecule has 2 N–H and O–H groups in total. The van der Waals surface area contributed by atoms with Gasteiger partial charge in [-0.2, -0.15) is 0 Å². The molecular weight excluding hydrogens is 455 g/mol. The Bertz CT molecular complexity index is 544. The second kappa shape index (κ2) is 11.2. The Balaban J connectivity index is 0.00000576. The first-order valence-corrected chi connectivity index (χ1v) is 10.7. The van der Waals surface area contributed by atoms with Gasteiger partial charge in [0.15, 0.2) is 5.96 Å². The maximum Gasteiger partial charge on any atom is 0.230 e. The SMILES string of the molecule is CCNC(=NCC1(C(=O)N(C)C)CCCC1)NCCCS(C)(=O)=O.I. The van der Waals surface area contributed by atoms with Crippen LogP contribution in [0.3, 0.4) is 0 Å². The van der Waals surface area contributed by atoms with Crippen molar-refractivity contribution < 1.29 is 13.2 Å². The zero-order valence-corrected chi connectivity index (χ0v) is 18.9. The fraction of sp³-hybridized carbons (Fsp3) is 0.875. The lowest BCUT2D eigenvalue weighted by Crippen LogP contribution is -2.43. The van der Waals surface area contributed by atoms with E-state index in [4.69, 9.17) is 0 Å². The van der Waals surface area contributed by atoms with Crippen LogP contribution in [0.25, 0.3) is 0 Å². The van der Waals surface area contributed by atoms with Crippen molar-refractivity contribution >= 4 is 45.7 Å². The second-order valence-corrected chi connectivity index (χ2v) is 9.05. The minimum absolute atomic E-state index is 0. The molecule has 1 aliphatic carbocycles. The molecule has 9 heteroatoms. The number of guanidine groups is 1. The number of hydrogen-bond acceptors (Lipinski definition) is 4. The molecule has 0 aliphatic heterocycles. The lowest BCUT2D eigenvalue weighted by molar-refractivity contribution is -0.138. The van der Waals surface area contributed by atoms with E-state index >= 15 is 0 Å². The maximum atomic E-state index is 12.6. The Labute approximate surface area is 169 Å². The van der Waals surface area contributed by atoms with E-state index in [1.54, 1.807) is 19.0 Å². The molecule has 0 bridgehead atoms. The molecule has 0 heterocycles. The smallest absolute Gasteiger partial charge is 0.230 e. The molecular formula is C16H33IN4O3S. The summed E-state index contributed by atoms with van der Waals surface area (Å²) in [6.45, 7) is 3.69. The summed E-state index contributed by atoms with van der Waals surface area (Å²) in [6, 6.07) is 0. The van der Waals surface area contributed by atoms with Crippen LogP contribution in [-0.2, 0) is 14.6 Å². The maximum absolute atomic E-state index is 12.6. The number of rotatable bonds is 8. The van der Waals surface area contributed by atoms with Gasteiger partial charge in [-0.1, -0.05) is 12.8 Å². The standard InChI is InChI=1S/C16H32N4O3S.HI/c1-5-17-15(18-11-8-12-24(4,22)23)19-13-16(9-6-7-10-16)14(21)20(2)3;/h5-13H2,1-4H3,(H2,17,18,19);1H. The Hall–Kier alpha value is -0.580. The molecule has 0 aromatic carbocycles. The van der Waals surface area contributed by atoms with Gasteiger partial charge in [-0.3, -0.25) is 9.79 Å². The molecule has 0 unspecified atom stereocenters. The Kier molecular flexibility index (Phi) is 10.9. The van der Waals surface area contributed by atoms with Crippen molar-refractivity contribution in [2.24, 2.45) is 10.4 Å². The van der Waals surface area contributed by atoms with Gasteiger partial charge >= 0.3 is 0 Å².